The fourth-order valence-electron chi connectivity index (χ4n) is 1.45. The van der Waals surface area contributed by atoms with E-state index in [2.05, 4.69) is 9.89 Å². The number of hydrogen-bond acceptors (Lipinski definition) is 5. The van der Waals surface area contributed by atoms with E-state index < -0.39 is 5.97 Å². The second-order valence-electron chi connectivity index (χ2n) is 3.54. The zero-order valence-electron chi connectivity index (χ0n) is 10.1. The van der Waals surface area contributed by atoms with Gasteiger partial charge in [0, 0.05) is 6.42 Å². The van der Waals surface area contributed by atoms with Crippen molar-refractivity contribution in [2.75, 3.05) is 14.2 Å². The molecule has 0 spiro atoms. The van der Waals surface area contributed by atoms with Crippen LogP contribution in [0.2, 0.25) is 0 Å². The molecule has 0 atom stereocenters. The average molecular weight is 237 g/mol. The molecule has 5 nitrogen and oxygen atoms in total. The number of methoxy groups -OCH3 is 2. The number of carbonyl (C=O) groups excluding carboxylic acids is 1. The molecule has 0 aliphatic carbocycles. The predicted octanol–water partition coefficient (Wildman–Crippen LogP) is 1.87. The van der Waals surface area contributed by atoms with Gasteiger partial charge in [0.2, 0.25) is 0 Å². The minimum Gasteiger partial charge on any atom is -0.496 e. The van der Waals surface area contributed by atoms with Crippen LogP contribution in [0.3, 0.4) is 0 Å². The summed E-state index contributed by atoms with van der Waals surface area (Å²) in [4.78, 5) is 11.4. The highest BCUT2D eigenvalue weighted by Crippen LogP contribution is 2.21. The lowest BCUT2D eigenvalue weighted by Crippen LogP contribution is -2.05. The number of hydrogen-bond donors (Lipinski definition) is 1. The quantitative estimate of drug-likeness (QED) is 0.375. The number of oxime groups is 1. The van der Waals surface area contributed by atoms with Gasteiger partial charge in [-0.05, 0) is 24.6 Å². The average Bonchev–Trinajstić information content (AvgIpc) is 2.37. The summed E-state index contributed by atoms with van der Waals surface area (Å²) in [5.41, 5.74) is 1.85. The van der Waals surface area contributed by atoms with Gasteiger partial charge in [-0.1, -0.05) is 11.2 Å². The molecule has 0 aliphatic heterocycles. The van der Waals surface area contributed by atoms with Crippen molar-refractivity contribution in [1.29, 1.82) is 0 Å². The van der Waals surface area contributed by atoms with Gasteiger partial charge < -0.3 is 14.7 Å². The third kappa shape index (κ3) is 3.21. The van der Waals surface area contributed by atoms with Crippen LogP contribution in [0.5, 0.6) is 5.75 Å². The molecule has 0 unspecified atom stereocenters. The minimum absolute atomic E-state index is 0.373. The SMILES string of the molecule is COC(=O)c1ccc(CC(C)=NO)cc1OC. The molecule has 0 fully saturated rings. The van der Waals surface area contributed by atoms with Gasteiger partial charge in [-0.25, -0.2) is 4.79 Å². The Morgan fingerprint density at radius 3 is 2.65 bits per heavy atom. The molecular formula is C12H15NO4. The van der Waals surface area contributed by atoms with E-state index in [0.29, 0.717) is 23.4 Å². The van der Waals surface area contributed by atoms with Crippen LogP contribution in [0.4, 0.5) is 0 Å². The number of benzene rings is 1. The van der Waals surface area contributed by atoms with Crippen LogP contribution in [0.25, 0.3) is 0 Å². The van der Waals surface area contributed by atoms with Crippen molar-refractivity contribution in [3.63, 3.8) is 0 Å². The highest BCUT2D eigenvalue weighted by atomic mass is 16.5. The molecule has 0 radical (unpaired) electrons. The summed E-state index contributed by atoms with van der Waals surface area (Å²) in [6.45, 7) is 1.71. The van der Waals surface area contributed by atoms with Crippen LogP contribution >= 0.6 is 0 Å². The fourth-order valence-corrected chi connectivity index (χ4v) is 1.45. The maximum atomic E-state index is 11.4. The van der Waals surface area contributed by atoms with Gasteiger partial charge in [0.15, 0.2) is 0 Å². The van der Waals surface area contributed by atoms with E-state index in [1.165, 1.54) is 14.2 Å². The van der Waals surface area contributed by atoms with Crippen LogP contribution in [0, 0.1) is 0 Å². The summed E-state index contributed by atoms with van der Waals surface area (Å²) in [6, 6.07) is 5.12. The summed E-state index contributed by atoms with van der Waals surface area (Å²) >= 11 is 0. The van der Waals surface area contributed by atoms with E-state index in [4.69, 9.17) is 9.94 Å². The summed E-state index contributed by atoms with van der Waals surface area (Å²) in [7, 11) is 2.80. The third-order valence-corrected chi connectivity index (χ3v) is 2.30. The number of rotatable bonds is 4. The lowest BCUT2D eigenvalue weighted by atomic mass is 10.1. The molecule has 0 heterocycles. The van der Waals surface area contributed by atoms with Crippen LogP contribution in [-0.2, 0) is 11.2 Å². The van der Waals surface area contributed by atoms with E-state index in [1.54, 1.807) is 25.1 Å². The van der Waals surface area contributed by atoms with Crippen LogP contribution in [-0.4, -0.2) is 31.1 Å². The van der Waals surface area contributed by atoms with Gasteiger partial charge >= 0.3 is 5.97 Å². The third-order valence-electron chi connectivity index (χ3n) is 2.30. The first-order valence-electron chi connectivity index (χ1n) is 5.05. The summed E-state index contributed by atoms with van der Waals surface area (Å²) in [6.07, 6.45) is 0.494. The van der Waals surface area contributed by atoms with Crippen LogP contribution in [0.15, 0.2) is 23.4 Å². The molecule has 0 aliphatic rings. The second-order valence-corrected chi connectivity index (χ2v) is 3.54. The van der Waals surface area contributed by atoms with Gasteiger partial charge in [0.1, 0.15) is 11.3 Å². The smallest absolute Gasteiger partial charge is 0.341 e. The highest BCUT2D eigenvalue weighted by molar-refractivity contribution is 5.93. The molecule has 17 heavy (non-hydrogen) atoms. The number of esters is 1. The number of nitrogens with zero attached hydrogens (tertiary/aromatic N) is 1. The molecule has 0 bridgehead atoms. The topological polar surface area (TPSA) is 68.1 Å². The molecule has 0 amide bonds. The van der Waals surface area contributed by atoms with Crippen molar-refractivity contribution in [3.05, 3.63) is 29.3 Å². The summed E-state index contributed by atoms with van der Waals surface area (Å²) in [5.74, 6) is 0.000960. The van der Waals surface area contributed by atoms with Gasteiger partial charge in [-0.2, -0.15) is 0 Å². The van der Waals surface area contributed by atoms with Crippen molar-refractivity contribution in [2.45, 2.75) is 13.3 Å². The van der Waals surface area contributed by atoms with E-state index in [9.17, 15) is 4.79 Å². The Kier molecular flexibility index (Phi) is 4.51. The largest absolute Gasteiger partial charge is 0.496 e. The molecule has 1 aromatic rings. The normalized spacial score (nSPS) is 11.1. The summed E-state index contributed by atoms with van der Waals surface area (Å²) in [5, 5.41) is 11.7. The Bertz CT molecular complexity index is 440. The fraction of sp³-hybridized carbons (Fsp3) is 0.333. The molecule has 0 saturated carbocycles. The molecule has 0 saturated heterocycles. The standard InChI is InChI=1S/C12H15NO4/c1-8(13-15)6-9-4-5-10(12(14)17-3)11(7-9)16-2/h4-5,7,15H,6H2,1-3H3. The van der Waals surface area contributed by atoms with Crippen LogP contribution in [0.1, 0.15) is 22.8 Å². The molecule has 1 rings (SSSR count). The highest BCUT2D eigenvalue weighted by Gasteiger charge is 2.13. The minimum atomic E-state index is -0.444. The maximum absolute atomic E-state index is 11.4. The van der Waals surface area contributed by atoms with Gasteiger partial charge in [-0.15, -0.1) is 0 Å². The molecule has 1 aromatic carbocycles. The van der Waals surface area contributed by atoms with Crippen molar-refractivity contribution < 1.29 is 19.5 Å². The Morgan fingerprint density at radius 1 is 1.41 bits per heavy atom. The molecule has 92 valence electrons. The Morgan fingerprint density at radius 2 is 2.12 bits per heavy atom. The first kappa shape index (κ1) is 13.0. The Labute approximate surface area is 99.7 Å². The molecular weight excluding hydrogens is 222 g/mol. The summed E-state index contributed by atoms with van der Waals surface area (Å²) < 4.78 is 9.76. The van der Waals surface area contributed by atoms with E-state index >= 15 is 0 Å². The zero-order chi connectivity index (χ0) is 12.8. The Balaban J connectivity index is 3.04. The van der Waals surface area contributed by atoms with Crippen molar-refractivity contribution in [2.24, 2.45) is 5.16 Å². The van der Waals surface area contributed by atoms with E-state index in [-0.39, 0.29) is 0 Å². The molecule has 1 N–H and O–H groups in total. The van der Waals surface area contributed by atoms with E-state index in [1.807, 2.05) is 0 Å². The van der Waals surface area contributed by atoms with Crippen LogP contribution < -0.4 is 4.74 Å². The van der Waals surface area contributed by atoms with Gasteiger partial charge in [0.05, 0.1) is 19.9 Å². The number of ether oxygens (including phenoxy) is 2. The van der Waals surface area contributed by atoms with Crippen molar-refractivity contribution >= 4 is 11.7 Å². The molecule has 0 aromatic heterocycles. The van der Waals surface area contributed by atoms with Crippen molar-refractivity contribution in [1.82, 2.24) is 0 Å². The monoisotopic (exact) mass is 237 g/mol. The maximum Gasteiger partial charge on any atom is 0.341 e. The second kappa shape index (κ2) is 5.89. The Hall–Kier alpha value is -2.04. The van der Waals surface area contributed by atoms with Crippen molar-refractivity contribution in [3.8, 4) is 5.75 Å². The predicted molar refractivity (Wildman–Crippen MR) is 62.9 cm³/mol. The van der Waals surface area contributed by atoms with Gasteiger partial charge in [-0.3, -0.25) is 0 Å². The first-order chi connectivity index (χ1) is 8.12. The molecule has 5 heteroatoms. The number of carbonyl (C=O) groups is 1. The van der Waals surface area contributed by atoms with Gasteiger partial charge in [0.25, 0.3) is 0 Å². The lowest BCUT2D eigenvalue weighted by Gasteiger charge is -2.08. The van der Waals surface area contributed by atoms with E-state index in [0.717, 1.165) is 5.56 Å². The zero-order valence-corrected chi connectivity index (χ0v) is 10.1. The first-order valence-corrected chi connectivity index (χ1v) is 5.05. The lowest BCUT2D eigenvalue weighted by molar-refractivity contribution is 0.0597.